The number of carbonyl (C=O) groups excluding carboxylic acids is 3. The number of hydrogen-bond donors (Lipinski definition) is 2. The lowest BCUT2D eigenvalue weighted by Gasteiger charge is -2.33. The maximum absolute atomic E-state index is 13.9. The van der Waals surface area contributed by atoms with Gasteiger partial charge in [-0.2, -0.15) is 13.2 Å². The van der Waals surface area contributed by atoms with Crippen LogP contribution < -0.4 is 10.6 Å². The topological polar surface area (TPSA) is 91.0 Å². The number of nitrogens with zero attached hydrogens (tertiary/aromatic N) is 2. The fourth-order valence-corrected chi connectivity index (χ4v) is 5.23. The first-order valence-corrected chi connectivity index (χ1v) is 12.3. The minimum atomic E-state index is -4.69. The van der Waals surface area contributed by atoms with Crippen LogP contribution in [0.15, 0.2) is 48.2 Å². The Morgan fingerprint density at radius 3 is 2.65 bits per heavy atom. The highest BCUT2D eigenvalue weighted by atomic mass is 19.4. The van der Waals surface area contributed by atoms with Crippen LogP contribution in [0.2, 0.25) is 0 Å². The summed E-state index contributed by atoms with van der Waals surface area (Å²) in [5.74, 6) is -1.26. The standard InChI is InChI=1S/C26H31F3N4O4/c1-4-11-32-19-14-33(22(15(2)3)23(34)30-13-16-8-7-12-37-16)24(35)20(19)21(31-25(32)36)17-9-5-6-10-18(17)26(27,28)29/h4-6,9-10,15-16,21-22H,1,7-8,11-14H2,2-3H3,(H,30,34)(H,31,36)/t16-,21-,22+/m0/s1. The van der Waals surface area contributed by atoms with E-state index in [1.165, 1.54) is 34.1 Å². The first kappa shape index (κ1) is 26.7. The molecule has 200 valence electrons. The van der Waals surface area contributed by atoms with E-state index in [1.54, 1.807) is 13.8 Å². The van der Waals surface area contributed by atoms with Gasteiger partial charge in [-0.15, -0.1) is 6.58 Å². The molecule has 0 spiro atoms. The second-order valence-electron chi connectivity index (χ2n) is 9.73. The zero-order valence-corrected chi connectivity index (χ0v) is 20.8. The average Bonchev–Trinajstić information content (AvgIpc) is 3.47. The quantitative estimate of drug-likeness (QED) is 0.515. The number of rotatable bonds is 8. The Morgan fingerprint density at radius 1 is 1.30 bits per heavy atom. The number of carbonyl (C=O) groups is 3. The van der Waals surface area contributed by atoms with Gasteiger partial charge in [0, 0.05) is 19.7 Å². The van der Waals surface area contributed by atoms with Crippen LogP contribution in [0.1, 0.15) is 43.9 Å². The lowest BCUT2D eigenvalue weighted by atomic mass is 9.91. The molecule has 37 heavy (non-hydrogen) atoms. The molecule has 3 aliphatic rings. The Kier molecular flexibility index (Phi) is 7.63. The van der Waals surface area contributed by atoms with Crippen molar-refractivity contribution < 1.29 is 32.3 Å². The van der Waals surface area contributed by atoms with E-state index in [-0.39, 0.29) is 47.9 Å². The predicted molar refractivity (Wildman–Crippen MR) is 129 cm³/mol. The summed E-state index contributed by atoms with van der Waals surface area (Å²) in [7, 11) is 0. The smallest absolute Gasteiger partial charge is 0.376 e. The van der Waals surface area contributed by atoms with Crippen molar-refractivity contribution in [3.63, 3.8) is 0 Å². The monoisotopic (exact) mass is 520 g/mol. The normalized spacial score (nSPS) is 22.9. The fourth-order valence-electron chi connectivity index (χ4n) is 5.23. The van der Waals surface area contributed by atoms with Crippen LogP contribution in [-0.2, 0) is 20.5 Å². The molecule has 4 amide bonds. The number of benzene rings is 1. The molecule has 1 saturated heterocycles. The number of amides is 4. The highest BCUT2D eigenvalue weighted by molar-refractivity contribution is 6.03. The molecular weight excluding hydrogens is 489 g/mol. The SMILES string of the molecule is C=CCN1C(=O)N[C@@H](c2ccccc2C(F)(F)F)C2=C1CN([C@@H](C(=O)NC[C@@H]1CCCO1)C(C)C)C2=O. The fraction of sp³-hybridized carbons (Fsp3) is 0.500. The predicted octanol–water partition coefficient (Wildman–Crippen LogP) is 3.37. The molecule has 0 radical (unpaired) electrons. The third-order valence-corrected chi connectivity index (χ3v) is 6.90. The molecule has 2 N–H and O–H groups in total. The van der Waals surface area contributed by atoms with E-state index in [1.807, 2.05) is 0 Å². The van der Waals surface area contributed by atoms with Crippen molar-refractivity contribution in [3.05, 3.63) is 59.3 Å². The highest BCUT2D eigenvalue weighted by Crippen LogP contribution is 2.42. The van der Waals surface area contributed by atoms with Crippen LogP contribution in [0, 0.1) is 5.92 Å². The minimum Gasteiger partial charge on any atom is -0.376 e. The van der Waals surface area contributed by atoms with E-state index in [4.69, 9.17) is 4.74 Å². The van der Waals surface area contributed by atoms with Gasteiger partial charge in [-0.3, -0.25) is 14.5 Å². The van der Waals surface area contributed by atoms with Crippen molar-refractivity contribution in [3.8, 4) is 0 Å². The zero-order chi connectivity index (χ0) is 26.9. The second kappa shape index (κ2) is 10.6. The van der Waals surface area contributed by atoms with Gasteiger partial charge in [0.15, 0.2) is 0 Å². The van der Waals surface area contributed by atoms with Crippen LogP contribution in [0.25, 0.3) is 0 Å². The molecule has 3 atom stereocenters. The minimum absolute atomic E-state index is 0.0238. The molecule has 0 aliphatic carbocycles. The number of urea groups is 1. The molecule has 0 bridgehead atoms. The first-order chi connectivity index (χ1) is 17.5. The summed E-state index contributed by atoms with van der Waals surface area (Å²) in [6, 6.07) is 2.02. The first-order valence-electron chi connectivity index (χ1n) is 12.3. The van der Waals surface area contributed by atoms with Crippen molar-refractivity contribution >= 4 is 17.8 Å². The molecule has 0 unspecified atom stereocenters. The lowest BCUT2D eigenvalue weighted by Crippen LogP contribution is -2.52. The molecule has 0 saturated carbocycles. The Hall–Kier alpha value is -3.34. The third-order valence-electron chi connectivity index (χ3n) is 6.90. The van der Waals surface area contributed by atoms with E-state index >= 15 is 0 Å². The second-order valence-corrected chi connectivity index (χ2v) is 9.73. The van der Waals surface area contributed by atoms with E-state index < -0.39 is 35.8 Å². The zero-order valence-electron chi connectivity index (χ0n) is 20.8. The molecular formula is C26H31F3N4O4. The molecule has 1 aromatic carbocycles. The molecule has 8 nitrogen and oxygen atoms in total. The summed E-state index contributed by atoms with van der Waals surface area (Å²) in [4.78, 5) is 42.7. The van der Waals surface area contributed by atoms with Gasteiger partial charge in [-0.25, -0.2) is 4.79 Å². The van der Waals surface area contributed by atoms with Gasteiger partial charge in [0.2, 0.25) is 5.91 Å². The van der Waals surface area contributed by atoms with Crippen molar-refractivity contribution in [2.75, 3.05) is 26.2 Å². The molecule has 0 aromatic heterocycles. The third kappa shape index (κ3) is 5.22. The molecule has 1 fully saturated rings. The van der Waals surface area contributed by atoms with Crippen LogP contribution in [0.3, 0.4) is 0 Å². The van der Waals surface area contributed by atoms with Gasteiger partial charge in [-0.1, -0.05) is 38.1 Å². The number of ether oxygens (including phenoxy) is 1. The van der Waals surface area contributed by atoms with Crippen molar-refractivity contribution in [2.45, 2.75) is 51.1 Å². The highest BCUT2D eigenvalue weighted by Gasteiger charge is 2.49. The summed E-state index contributed by atoms with van der Waals surface area (Å²) in [5.41, 5.74) is -0.873. The maximum Gasteiger partial charge on any atom is 0.416 e. The summed E-state index contributed by atoms with van der Waals surface area (Å²) >= 11 is 0. The summed E-state index contributed by atoms with van der Waals surface area (Å²) in [5, 5.41) is 5.44. The number of halogens is 3. The Balaban J connectivity index is 1.70. The molecule has 3 aliphatic heterocycles. The van der Waals surface area contributed by atoms with Crippen LogP contribution in [0.5, 0.6) is 0 Å². The van der Waals surface area contributed by atoms with Crippen molar-refractivity contribution in [1.29, 1.82) is 0 Å². The largest absolute Gasteiger partial charge is 0.416 e. The van der Waals surface area contributed by atoms with Crippen LogP contribution in [-0.4, -0.2) is 66.0 Å². The van der Waals surface area contributed by atoms with Gasteiger partial charge >= 0.3 is 12.2 Å². The van der Waals surface area contributed by atoms with E-state index in [0.29, 0.717) is 13.2 Å². The van der Waals surface area contributed by atoms with Crippen molar-refractivity contribution in [1.82, 2.24) is 20.4 Å². The molecule has 1 aromatic rings. The molecule has 11 heteroatoms. The summed E-state index contributed by atoms with van der Waals surface area (Å²) in [6.45, 7) is 8.15. The molecule has 3 heterocycles. The van der Waals surface area contributed by atoms with E-state index in [0.717, 1.165) is 18.9 Å². The Bertz CT molecular complexity index is 1110. The Morgan fingerprint density at radius 2 is 2.03 bits per heavy atom. The van der Waals surface area contributed by atoms with Gasteiger partial charge in [0.05, 0.1) is 35.5 Å². The van der Waals surface area contributed by atoms with Crippen LogP contribution in [0.4, 0.5) is 18.0 Å². The van der Waals surface area contributed by atoms with Gasteiger partial charge in [0.1, 0.15) is 6.04 Å². The maximum atomic E-state index is 13.9. The number of nitrogens with one attached hydrogen (secondary N) is 2. The van der Waals surface area contributed by atoms with Gasteiger partial charge in [0.25, 0.3) is 5.91 Å². The average molecular weight is 521 g/mol. The summed E-state index contributed by atoms with van der Waals surface area (Å²) < 4.78 is 47.1. The lowest BCUT2D eigenvalue weighted by molar-refractivity contribution is -0.139. The van der Waals surface area contributed by atoms with Crippen LogP contribution >= 0.6 is 0 Å². The number of hydrogen-bond acceptors (Lipinski definition) is 4. The summed E-state index contributed by atoms with van der Waals surface area (Å²) in [6.07, 6.45) is -1.57. The van der Waals surface area contributed by atoms with E-state index in [9.17, 15) is 27.6 Å². The van der Waals surface area contributed by atoms with E-state index in [2.05, 4.69) is 17.2 Å². The van der Waals surface area contributed by atoms with Gasteiger partial charge < -0.3 is 20.3 Å². The van der Waals surface area contributed by atoms with Crippen molar-refractivity contribution in [2.24, 2.45) is 5.92 Å². The number of alkyl halides is 3. The van der Waals surface area contributed by atoms with Gasteiger partial charge in [-0.05, 0) is 30.4 Å². The Labute approximate surface area is 213 Å². The molecule has 4 rings (SSSR count).